The lowest BCUT2D eigenvalue weighted by molar-refractivity contribution is -0.142. The predicted octanol–water partition coefficient (Wildman–Crippen LogP) is -0.806. The number of carboxylic acid groups (broad SMARTS) is 1. The second-order valence-corrected chi connectivity index (χ2v) is 9.58. The Labute approximate surface area is 220 Å². The Bertz CT molecular complexity index is 1070. The molecule has 1 aromatic carbocycles. The Balaban J connectivity index is 2.08. The van der Waals surface area contributed by atoms with Gasteiger partial charge in [0.25, 0.3) is 0 Å². The molecule has 0 aliphatic carbocycles. The average molecular weight is 533 g/mol. The number of hydrogen-bond acceptors (Lipinski definition) is 8. The van der Waals surface area contributed by atoms with Crippen molar-refractivity contribution in [3.05, 3.63) is 48.0 Å². The number of imidazole rings is 1. The van der Waals surface area contributed by atoms with Crippen molar-refractivity contribution in [1.82, 2.24) is 25.9 Å². The van der Waals surface area contributed by atoms with Crippen LogP contribution in [0.15, 0.2) is 36.8 Å². The van der Waals surface area contributed by atoms with Gasteiger partial charge in [0, 0.05) is 18.3 Å². The summed E-state index contributed by atoms with van der Waals surface area (Å²) in [6.45, 7) is 4.95. The third-order valence-corrected chi connectivity index (χ3v) is 5.72. The van der Waals surface area contributed by atoms with Crippen LogP contribution in [0.5, 0.6) is 5.75 Å². The number of rotatable bonds is 14. The van der Waals surface area contributed by atoms with Gasteiger partial charge >= 0.3 is 5.97 Å². The number of aromatic amines is 1. The zero-order valence-corrected chi connectivity index (χ0v) is 21.5. The first kappa shape index (κ1) is 30.3. The van der Waals surface area contributed by atoms with Gasteiger partial charge in [0.1, 0.15) is 23.9 Å². The van der Waals surface area contributed by atoms with E-state index in [2.05, 4.69) is 25.9 Å². The molecule has 13 nitrogen and oxygen atoms in total. The Kier molecular flexibility index (Phi) is 11.2. The topological polar surface area (TPSA) is 220 Å². The number of nitrogens with zero attached hydrogens (tertiary/aromatic N) is 1. The summed E-state index contributed by atoms with van der Waals surface area (Å²) < 4.78 is 0. The molecule has 38 heavy (non-hydrogen) atoms. The fraction of sp³-hybridized carbons (Fsp3) is 0.480. The normalized spacial score (nSPS) is 15.1. The molecule has 0 saturated heterocycles. The standard InChI is InChI=1S/C25H36N6O7/c1-13(2)8-19(23(35)30-20(25(37)38)10-16-11-27-12-28-16)29-24(36)21(14(3)32)31-22(34)18(26)9-15-4-6-17(33)7-5-15/h4-7,11-14,18-21,32-33H,8-10,26H2,1-3H3,(H,27,28)(H,29,36)(H,30,35)(H,31,34)(H,37,38). The smallest absolute Gasteiger partial charge is 0.326 e. The number of carboxylic acids is 1. The van der Waals surface area contributed by atoms with Gasteiger partial charge in [-0.1, -0.05) is 26.0 Å². The molecule has 0 saturated carbocycles. The number of nitrogens with two attached hydrogens (primary N) is 1. The molecule has 208 valence electrons. The van der Waals surface area contributed by atoms with Gasteiger partial charge in [0.15, 0.2) is 0 Å². The number of carbonyl (C=O) groups is 4. The van der Waals surface area contributed by atoms with Crippen LogP contribution in [0.2, 0.25) is 0 Å². The summed E-state index contributed by atoms with van der Waals surface area (Å²) in [5.74, 6) is -3.51. The lowest BCUT2D eigenvalue weighted by Crippen LogP contribution is -2.60. The summed E-state index contributed by atoms with van der Waals surface area (Å²) in [5, 5.41) is 36.5. The third kappa shape index (κ3) is 9.48. The van der Waals surface area contributed by atoms with Crippen LogP contribution in [-0.2, 0) is 32.0 Å². The average Bonchev–Trinajstić information content (AvgIpc) is 3.35. The number of phenolic OH excluding ortho intramolecular Hbond substituents is 1. The van der Waals surface area contributed by atoms with Gasteiger partial charge in [0.05, 0.1) is 18.5 Å². The van der Waals surface area contributed by atoms with Crippen LogP contribution in [0.4, 0.5) is 0 Å². The van der Waals surface area contributed by atoms with Crippen LogP contribution >= 0.6 is 0 Å². The number of aromatic hydroxyl groups is 1. The maximum absolute atomic E-state index is 13.0. The quantitative estimate of drug-likeness (QED) is 0.152. The number of nitrogens with one attached hydrogen (secondary N) is 4. The molecule has 1 heterocycles. The van der Waals surface area contributed by atoms with Gasteiger partial charge < -0.3 is 42.0 Å². The lowest BCUT2D eigenvalue weighted by Gasteiger charge is -2.27. The maximum Gasteiger partial charge on any atom is 0.326 e. The minimum absolute atomic E-state index is 0.0469. The summed E-state index contributed by atoms with van der Waals surface area (Å²) >= 11 is 0. The maximum atomic E-state index is 13.0. The van der Waals surface area contributed by atoms with Gasteiger partial charge in [-0.15, -0.1) is 0 Å². The predicted molar refractivity (Wildman–Crippen MR) is 137 cm³/mol. The Morgan fingerprint density at radius 3 is 2.11 bits per heavy atom. The molecule has 9 N–H and O–H groups in total. The summed E-state index contributed by atoms with van der Waals surface area (Å²) in [6, 6.07) is 1.24. The SMILES string of the molecule is CC(C)CC(NC(=O)C(NC(=O)C(N)Cc1ccc(O)cc1)C(C)O)C(=O)NC(Cc1cnc[nH]1)C(=O)O. The van der Waals surface area contributed by atoms with Crippen molar-refractivity contribution in [1.29, 1.82) is 0 Å². The molecule has 5 unspecified atom stereocenters. The number of benzene rings is 1. The number of hydrogen-bond donors (Lipinski definition) is 8. The van der Waals surface area contributed by atoms with Crippen molar-refractivity contribution in [2.45, 2.75) is 70.3 Å². The van der Waals surface area contributed by atoms with E-state index in [-0.39, 0.29) is 30.9 Å². The molecule has 13 heteroatoms. The van der Waals surface area contributed by atoms with Crippen molar-refractivity contribution in [3.63, 3.8) is 0 Å². The highest BCUT2D eigenvalue weighted by Gasteiger charge is 2.33. The van der Waals surface area contributed by atoms with Gasteiger partial charge in [-0.2, -0.15) is 0 Å². The molecular weight excluding hydrogens is 496 g/mol. The number of aliphatic hydroxyl groups is 1. The van der Waals surface area contributed by atoms with E-state index in [9.17, 15) is 34.5 Å². The third-order valence-electron chi connectivity index (χ3n) is 5.72. The van der Waals surface area contributed by atoms with E-state index in [1.807, 2.05) is 13.8 Å². The van der Waals surface area contributed by atoms with Crippen LogP contribution in [0.25, 0.3) is 0 Å². The Hall–Kier alpha value is -3.97. The lowest BCUT2D eigenvalue weighted by atomic mass is 10.0. The molecule has 2 rings (SSSR count). The van der Waals surface area contributed by atoms with Crippen molar-refractivity contribution < 1.29 is 34.5 Å². The van der Waals surface area contributed by atoms with E-state index in [0.717, 1.165) is 0 Å². The van der Waals surface area contributed by atoms with Crippen LogP contribution in [-0.4, -0.2) is 79.2 Å². The largest absolute Gasteiger partial charge is 0.508 e. The molecule has 0 spiro atoms. The first-order valence-electron chi connectivity index (χ1n) is 12.2. The number of phenols is 1. The van der Waals surface area contributed by atoms with Crippen LogP contribution < -0.4 is 21.7 Å². The Morgan fingerprint density at radius 2 is 1.58 bits per heavy atom. The molecule has 0 radical (unpaired) electrons. The molecule has 1 aromatic heterocycles. The van der Waals surface area contributed by atoms with Crippen LogP contribution in [0.3, 0.4) is 0 Å². The van der Waals surface area contributed by atoms with Crippen molar-refractivity contribution >= 4 is 23.7 Å². The number of aliphatic carboxylic acids is 1. The highest BCUT2D eigenvalue weighted by Crippen LogP contribution is 2.12. The molecule has 0 aliphatic rings. The molecule has 0 bridgehead atoms. The number of carbonyl (C=O) groups excluding carboxylic acids is 3. The van der Waals surface area contributed by atoms with Crippen LogP contribution in [0.1, 0.15) is 38.4 Å². The zero-order chi connectivity index (χ0) is 28.4. The first-order valence-corrected chi connectivity index (χ1v) is 12.2. The van der Waals surface area contributed by atoms with E-state index < -0.39 is 54.0 Å². The number of H-pyrrole nitrogens is 1. The fourth-order valence-electron chi connectivity index (χ4n) is 3.70. The number of amides is 3. The zero-order valence-electron chi connectivity index (χ0n) is 21.5. The number of aromatic nitrogens is 2. The Morgan fingerprint density at radius 1 is 0.947 bits per heavy atom. The minimum Gasteiger partial charge on any atom is -0.508 e. The molecule has 3 amide bonds. The van der Waals surface area contributed by atoms with Crippen molar-refractivity contribution in [2.24, 2.45) is 11.7 Å². The first-order chi connectivity index (χ1) is 17.9. The van der Waals surface area contributed by atoms with Gasteiger partial charge in [-0.3, -0.25) is 14.4 Å². The monoisotopic (exact) mass is 532 g/mol. The molecule has 5 atom stereocenters. The second-order valence-electron chi connectivity index (χ2n) is 9.58. The van der Waals surface area contributed by atoms with Gasteiger partial charge in [-0.05, 0) is 43.4 Å². The van der Waals surface area contributed by atoms with E-state index in [4.69, 9.17) is 5.73 Å². The number of aliphatic hydroxyl groups excluding tert-OH is 1. The molecule has 0 aliphatic heterocycles. The molecule has 0 fully saturated rings. The summed E-state index contributed by atoms with van der Waals surface area (Å²) in [5.41, 5.74) is 7.16. The minimum atomic E-state index is -1.42. The summed E-state index contributed by atoms with van der Waals surface area (Å²) in [4.78, 5) is 57.1. The highest BCUT2D eigenvalue weighted by atomic mass is 16.4. The van der Waals surface area contributed by atoms with E-state index >= 15 is 0 Å². The van der Waals surface area contributed by atoms with E-state index in [0.29, 0.717) is 11.3 Å². The summed E-state index contributed by atoms with van der Waals surface area (Å²) in [7, 11) is 0. The van der Waals surface area contributed by atoms with E-state index in [1.54, 1.807) is 12.1 Å². The van der Waals surface area contributed by atoms with Gasteiger partial charge in [0.2, 0.25) is 17.7 Å². The summed E-state index contributed by atoms with van der Waals surface area (Å²) in [6.07, 6.45) is 1.75. The van der Waals surface area contributed by atoms with E-state index in [1.165, 1.54) is 31.6 Å². The van der Waals surface area contributed by atoms with Crippen molar-refractivity contribution in [3.8, 4) is 5.75 Å². The second kappa shape index (κ2) is 14.1. The van der Waals surface area contributed by atoms with Crippen molar-refractivity contribution in [2.75, 3.05) is 0 Å². The highest BCUT2D eigenvalue weighted by molar-refractivity contribution is 5.94. The van der Waals surface area contributed by atoms with Gasteiger partial charge in [-0.25, -0.2) is 9.78 Å². The fourth-order valence-corrected chi connectivity index (χ4v) is 3.70. The molecular formula is C25H36N6O7. The molecule has 2 aromatic rings. The van der Waals surface area contributed by atoms with Crippen LogP contribution in [0, 0.1) is 5.92 Å².